The number of pyridine rings is 1. The Kier molecular flexibility index (Phi) is 4.70. The third-order valence-corrected chi connectivity index (χ3v) is 3.46. The molecule has 2 rings (SSSR count). The Balaban J connectivity index is 1.88. The number of hydrogen-bond acceptors (Lipinski definition) is 3. The maximum atomic E-state index is 12.0. The molecule has 1 atom stereocenters. The van der Waals surface area contributed by atoms with Crippen LogP contribution < -0.4 is 10.6 Å². The van der Waals surface area contributed by atoms with E-state index in [4.69, 9.17) is 0 Å². The molecule has 0 saturated carbocycles. The van der Waals surface area contributed by atoms with Gasteiger partial charge in [-0.25, -0.2) is 0 Å². The third-order valence-electron chi connectivity index (χ3n) is 3.46. The molecule has 0 radical (unpaired) electrons. The maximum absolute atomic E-state index is 12.0. The Hall–Kier alpha value is -1.42. The highest BCUT2D eigenvalue weighted by Gasteiger charge is 2.20. The lowest BCUT2D eigenvalue weighted by molar-refractivity contribution is -0.125. The van der Waals surface area contributed by atoms with Gasteiger partial charge in [-0.3, -0.25) is 9.78 Å². The van der Waals surface area contributed by atoms with Crippen LogP contribution in [0.15, 0.2) is 18.3 Å². The minimum Gasteiger partial charge on any atom is -0.350 e. The van der Waals surface area contributed by atoms with Crippen molar-refractivity contribution in [2.45, 2.75) is 32.7 Å². The largest absolute Gasteiger partial charge is 0.350 e. The van der Waals surface area contributed by atoms with Gasteiger partial charge in [0.15, 0.2) is 0 Å². The van der Waals surface area contributed by atoms with Crippen molar-refractivity contribution in [3.63, 3.8) is 0 Å². The van der Waals surface area contributed by atoms with Crippen LogP contribution in [-0.2, 0) is 17.8 Å². The molecule has 18 heavy (non-hydrogen) atoms. The fourth-order valence-electron chi connectivity index (χ4n) is 2.34. The van der Waals surface area contributed by atoms with E-state index in [0.29, 0.717) is 6.54 Å². The van der Waals surface area contributed by atoms with E-state index in [2.05, 4.69) is 28.6 Å². The van der Waals surface area contributed by atoms with Crippen LogP contribution in [-0.4, -0.2) is 24.0 Å². The number of carbonyl (C=O) groups is 1. The first-order chi connectivity index (χ1) is 8.81. The Labute approximate surface area is 108 Å². The lowest BCUT2D eigenvalue weighted by atomic mass is 9.99. The van der Waals surface area contributed by atoms with Crippen molar-refractivity contribution < 1.29 is 4.79 Å². The molecular weight excluding hydrogens is 226 g/mol. The molecule has 2 heterocycles. The summed E-state index contributed by atoms with van der Waals surface area (Å²) in [5, 5.41) is 6.26. The average molecular weight is 247 g/mol. The maximum Gasteiger partial charge on any atom is 0.224 e. The van der Waals surface area contributed by atoms with E-state index >= 15 is 0 Å². The van der Waals surface area contributed by atoms with Gasteiger partial charge >= 0.3 is 0 Å². The van der Waals surface area contributed by atoms with Gasteiger partial charge in [-0.05, 0) is 37.4 Å². The molecule has 0 unspecified atom stereocenters. The summed E-state index contributed by atoms with van der Waals surface area (Å²) in [6.45, 7) is 4.48. The number of rotatable bonds is 4. The van der Waals surface area contributed by atoms with E-state index < -0.39 is 0 Å². The molecule has 2 N–H and O–H groups in total. The van der Waals surface area contributed by atoms with Crippen LogP contribution >= 0.6 is 0 Å². The van der Waals surface area contributed by atoms with Crippen molar-refractivity contribution in [3.05, 3.63) is 29.6 Å². The fourth-order valence-corrected chi connectivity index (χ4v) is 2.34. The monoisotopic (exact) mass is 247 g/mol. The van der Waals surface area contributed by atoms with Crippen molar-refractivity contribution in [1.82, 2.24) is 15.6 Å². The van der Waals surface area contributed by atoms with Crippen LogP contribution in [0.5, 0.6) is 0 Å². The highest BCUT2D eigenvalue weighted by atomic mass is 16.1. The molecule has 0 spiro atoms. The van der Waals surface area contributed by atoms with E-state index in [-0.39, 0.29) is 11.8 Å². The zero-order valence-electron chi connectivity index (χ0n) is 10.9. The van der Waals surface area contributed by atoms with Crippen LogP contribution in [0.25, 0.3) is 0 Å². The first-order valence-electron chi connectivity index (χ1n) is 6.72. The fraction of sp³-hybridized carbons (Fsp3) is 0.571. The molecule has 1 aromatic rings. The Morgan fingerprint density at radius 3 is 3.22 bits per heavy atom. The molecule has 98 valence electrons. The average Bonchev–Trinajstić information content (AvgIpc) is 2.46. The number of carbonyl (C=O) groups excluding carboxylic acids is 1. The third kappa shape index (κ3) is 3.29. The van der Waals surface area contributed by atoms with Gasteiger partial charge in [0, 0.05) is 12.7 Å². The molecule has 0 bridgehead atoms. The molecule has 0 aliphatic carbocycles. The van der Waals surface area contributed by atoms with Gasteiger partial charge < -0.3 is 10.6 Å². The standard InChI is InChI=1S/C14H21N3O/c1-2-11-5-4-8-16-13(11)10-17-14(18)12-6-3-7-15-9-12/h4-5,8,12,15H,2-3,6-7,9-10H2,1H3,(H,17,18)/t12-/m0/s1. The van der Waals surface area contributed by atoms with Crippen LogP contribution in [0.4, 0.5) is 0 Å². The summed E-state index contributed by atoms with van der Waals surface area (Å²) in [4.78, 5) is 16.3. The molecule has 4 heteroatoms. The van der Waals surface area contributed by atoms with Crippen molar-refractivity contribution in [1.29, 1.82) is 0 Å². The summed E-state index contributed by atoms with van der Waals surface area (Å²) in [7, 11) is 0. The first-order valence-corrected chi connectivity index (χ1v) is 6.72. The molecule has 1 amide bonds. The second-order valence-corrected chi connectivity index (χ2v) is 4.72. The van der Waals surface area contributed by atoms with E-state index in [1.165, 1.54) is 5.56 Å². The van der Waals surface area contributed by atoms with Crippen LogP contribution in [0.1, 0.15) is 31.0 Å². The van der Waals surface area contributed by atoms with Gasteiger partial charge in [0.2, 0.25) is 5.91 Å². The van der Waals surface area contributed by atoms with Gasteiger partial charge in [0.05, 0.1) is 18.2 Å². The topological polar surface area (TPSA) is 54.0 Å². The molecule has 1 saturated heterocycles. The number of aromatic nitrogens is 1. The first kappa shape index (κ1) is 13.0. The molecule has 4 nitrogen and oxygen atoms in total. The van der Waals surface area contributed by atoms with Crippen LogP contribution in [0.3, 0.4) is 0 Å². The highest BCUT2D eigenvalue weighted by molar-refractivity contribution is 5.78. The predicted octanol–water partition coefficient (Wildman–Crippen LogP) is 1.26. The number of nitrogens with zero attached hydrogens (tertiary/aromatic N) is 1. The molecular formula is C14H21N3O. The molecule has 1 aliphatic heterocycles. The molecule has 1 aromatic heterocycles. The smallest absolute Gasteiger partial charge is 0.224 e. The van der Waals surface area contributed by atoms with E-state index in [9.17, 15) is 4.79 Å². The minimum absolute atomic E-state index is 0.118. The van der Waals surface area contributed by atoms with Gasteiger partial charge in [-0.15, -0.1) is 0 Å². The zero-order chi connectivity index (χ0) is 12.8. The van der Waals surface area contributed by atoms with Gasteiger partial charge in [-0.2, -0.15) is 0 Å². The lowest BCUT2D eigenvalue weighted by Gasteiger charge is -2.22. The molecule has 0 aromatic carbocycles. The number of hydrogen-bond donors (Lipinski definition) is 2. The Bertz CT molecular complexity index is 400. The van der Waals surface area contributed by atoms with Crippen molar-refractivity contribution >= 4 is 5.91 Å². The summed E-state index contributed by atoms with van der Waals surface area (Å²) >= 11 is 0. The summed E-state index contributed by atoms with van der Waals surface area (Å²) in [6, 6.07) is 4.01. The van der Waals surface area contributed by atoms with Crippen LogP contribution in [0, 0.1) is 5.92 Å². The summed E-state index contributed by atoms with van der Waals surface area (Å²) in [5.41, 5.74) is 2.19. The molecule has 1 fully saturated rings. The number of amides is 1. The normalized spacial score (nSPS) is 19.5. The molecule has 1 aliphatic rings. The van der Waals surface area contributed by atoms with Crippen molar-refractivity contribution in [3.8, 4) is 0 Å². The van der Waals surface area contributed by atoms with Gasteiger partial charge in [0.25, 0.3) is 0 Å². The van der Waals surface area contributed by atoms with E-state index in [0.717, 1.165) is 38.0 Å². The highest BCUT2D eigenvalue weighted by Crippen LogP contribution is 2.11. The van der Waals surface area contributed by atoms with Crippen LogP contribution in [0.2, 0.25) is 0 Å². The minimum atomic E-state index is 0.118. The Morgan fingerprint density at radius 1 is 1.61 bits per heavy atom. The van der Waals surface area contributed by atoms with Crippen molar-refractivity contribution in [2.24, 2.45) is 5.92 Å². The van der Waals surface area contributed by atoms with E-state index in [1.54, 1.807) is 6.20 Å². The zero-order valence-corrected chi connectivity index (χ0v) is 10.9. The second-order valence-electron chi connectivity index (χ2n) is 4.72. The summed E-state index contributed by atoms with van der Waals surface area (Å²) < 4.78 is 0. The summed E-state index contributed by atoms with van der Waals surface area (Å²) in [5.74, 6) is 0.266. The van der Waals surface area contributed by atoms with Gasteiger partial charge in [-0.1, -0.05) is 13.0 Å². The summed E-state index contributed by atoms with van der Waals surface area (Å²) in [6.07, 6.45) is 4.80. The second kappa shape index (κ2) is 6.50. The predicted molar refractivity (Wildman–Crippen MR) is 71.1 cm³/mol. The van der Waals surface area contributed by atoms with Crippen molar-refractivity contribution in [2.75, 3.05) is 13.1 Å². The number of aryl methyl sites for hydroxylation is 1. The number of nitrogens with one attached hydrogen (secondary N) is 2. The quantitative estimate of drug-likeness (QED) is 0.842. The number of piperidine rings is 1. The Morgan fingerprint density at radius 2 is 2.50 bits per heavy atom. The SMILES string of the molecule is CCc1cccnc1CNC(=O)[C@H]1CCCNC1. The lowest BCUT2D eigenvalue weighted by Crippen LogP contribution is -2.40. The van der Waals surface area contributed by atoms with E-state index in [1.807, 2.05) is 6.07 Å². The van der Waals surface area contributed by atoms with Gasteiger partial charge in [0.1, 0.15) is 0 Å².